The second-order valence-corrected chi connectivity index (χ2v) is 5.93. The van der Waals surface area contributed by atoms with Gasteiger partial charge < -0.3 is 10.6 Å². The summed E-state index contributed by atoms with van der Waals surface area (Å²) in [6.45, 7) is 0.722. The van der Waals surface area contributed by atoms with Crippen LogP contribution in [0.1, 0.15) is 43.4 Å². The lowest BCUT2D eigenvalue weighted by Crippen LogP contribution is -2.40. The zero-order valence-electron chi connectivity index (χ0n) is 11.8. The van der Waals surface area contributed by atoms with Crippen molar-refractivity contribution in [1.82, 2.24) is 9.97 Å². The minimum atomic E-state index is 0.447. The van der Waals surface area contributed by atoms with Crippen molar-refractivity contribution in [3.63, 3.8) is 0 Å². The minimum absolute atomic E-state index is 0.447. The lowest BCUT2D eigenvalue weighted by molar-refractivity contribution is 0.563. The van der Waals surface area contributed by atoms with Gasteiger partial charge in [-0.05, 0) is 44.4 Å². The number of aromatic nitrogens is 2. The summed E-state index contributed by atoms with van der Waals surface area (Å²) < 4.78 is 0. The highest BCUT2D eigenvalue weighted by Crippen LogP contribution is 2.37. The molecule has 1 saturated carbocycles. The summed E-state index contributed by atoms with van der Waals surface area (Å²) in [6, 6.07) is 0.447. The average Bonchev–Trinajstić information content (AvgIpc) is 3.24. The molecule has 1 heterocycles. The molecule has 1 aromatic heterocycles. The Kier molecular flexibility index (Phi) is 3.69. The van der Waals surface area contributed by atoms with Crippen LogP contribution in [0, 0.1) is 5.92 Å². The molecule has 3 rings (SSSR count). The van der Waals surface area contributed by atoms with E-state index in [0.717, 1.165) is 31.1 Å². The fourth-order valence-corrected chi connectivity index (χ4v) is 3.29. The van der Waals surface area contributed by atoms with Crippen molar-refractivity contribution in [2.45, 2.75) is 51.0 Å². The van der Waals surface area contributed by atoms with Crippen LogP contribution in [0.2, 0.25) is 0 Å². The van der Waals surface area contributed by atoms with Crippen LogP contribution in [0.3, 0.4) is 0 Å². The Bertz CT molecular complexity index is 442. The molecule has 0 saturated heterocycles. The van der Waals surface area contributed by atoms with Crippen LogP contribution in [0.15, 0.2) is 6.33 Å². The molecule has 0 bridgehead atoms. The highest BCUT2D eigenvalue weighted by Gasteiger charge is 2.34. The van der Waals surface area contributed by atoms with Crippen LogP contribution in [0.4, 0.5) is 5.82 Å². The van der Waals surface area contributed by atoms with Gasteiger partial charge in [0.1, 0.15) is 12.1 Å². The third-order valence-electron chi connectivity index (χ3n) is 4.59. The molecule has 0 radical (unpaired) electrons. The van der Waals surface area contributed by atoms with Crippen LogP contribution >= 0.6 is 0 Å². The van der Waals surface area contributed by atoms with Gasteiger partial charge in [-0.1, -0.05) is 6.42 Å². The van der Waals surface area contributed by atoms with Crippen LogP contribution in [-0.2, 0) is 12.8 Å². The molecule has 2 aliphatic rings. The van der Waals surface area contributed by atoms with Crippen molar-refractivity contribution >= 4 is 5.82 Å². The van der Waals surface area contributed by atoms with E-state index in [2.05, 4.69) is 21.9 Å². The summed E-state index contributed by atoms with van der Waals surface area (Å²) in [5.74, 6) is 1.90. The van der Waals surface area contributed by atoms with E-state index in [1.807, 2.05) is 0 Å². The maximum absolute atomic E-state index is 5.97. The predicted molar refractivity (Wildman–Crippen MR) is 77.3 cm³/mol. The first-order valence-corrected chi connectivity index (χ1v) is 7.57. The van der Waals surface area contributed by atoms with Crippen LogP contribution in [-0.4, -0.2) is 29.6 Å². The molecule has 1 fully saturated rings. The summed E-state index contributed by atoms with van der Waals surface area (Å²) in [6.07, 6.45) is 10.4. The molecule has 0 spiro atoms. The predicted octanol–water partition coefficient (Wildman–Crippen LogP) is 1.92. The Morgan fingerprint density at radius 3 is 2.79 bits per heavy atom. The summed E-state index contributed by atoms with van der Waals surface area (Å²) >= 11 is 0. The van der Waals surface area contributed by atoms with E-state index in [9.17, 15) is 0 Å². The third kappa shape index (κ3) is 2.59. The first-order chi connectivity index (χ1) is 9.31. The van der Waals surface area contributed by atoms with Gasteiger partial charge in [0.05, 0.1) is 0 Å². The number of hydrogen-bond acceptors (Lipinski definition) is 4. The molecular weight excluding hydrogens is 236 g/mol. The fraction of sp³-hybridized carbons (Fsp3) is 0.733. The van der Waals surface area contributed by atoms with Gasteiger partial charge in [0.2, 0.25) is 0 Å². The molecule has 2 N–H and O–H groups in total. The standard InChI is InChI=1S/C15H24N4/c1-19(14(9-16)11-7-8-11)15-12-5-3-2-4-6-13(12)17-10-18-15/h10-11,14H,2-9,16H2,1H3. The SMILES string of the molecule is CN(c1ncnc2c1CCCCC2)C(CN)C1CC1. The Morgan fingerprint density at radius 1 is 1.26 bits per heavy atom. The lowest BCUT2D eigenvalue weighted by atomic mass is 10.1. The zero-order chi connectivity index (χ0) is 13.2. The number of rotatable bonds is 4. The molecule has 1 aromatic rings. The van der Waals surface area contributed by atoms with Gasteiger partial charge in [-0.15, -0.1) is 0 Å². The topological polar surface area (TPSA) is 55.0 Å². The van der Waals surface area contributed by atoms with Gasteiger partial charge in [0, 0.05) is 30.9 Å². The molecular formula is C15H24N4. The molecule has 0 amide bonds. The van der Waals surface area contributed by atoms with Crippen LogP contribution in [0.5, 0.6) is 0 Å². The Labute approximate surface area is 115 Å². The first kappa shape index (κ1) is 12.9. The Balaban J connectivity index is 1.90. The Morgan fingerprint density at radius 2 is 2.05 bits per heavy atom. The summed E-state index contributed by atoms with van der Waals surface area (Å²) in [5.41, 5.74) is 8.62. The molecule has 0 aromatic carbocycles. The number of hydrogen-bond donors (Lipinski definition) is 1. The van der Waals surface area contributed by atoms with E-state index in [4.69, 9.17) is 5.73 Å². The first-order valence-electron chi connectivity index (χ1n) is 7.57. The van der Waals surface area contributed by atoms with Gasteiger partial charge in [0.25, 0.3) is 0 Å². The molecule has 1 unspecified atom stereocenters. The van der Waals surface area contributed by atoms with Crippen molar-refractivity contribution in [1.29, 1.82) is 0 Å². The van der Waals surface area contributed by atoms with E-state index in [1.54, 1.807) is 6.33 Å². The molecule has 19 heavy (non-hydrogen) atoms. The van der Waals surface area contributed by atoms with E-state index in [0.29, 0.717) is 6.04 Å². The van der Waals surface area contributed by atoms with E-state index in [1.165, 1.54) is 43.4 Å². The number of anilines is 1. The fourth-order valence-electron chi connectivity index (χ4n) is 3.29. The van der Waals surface area contributed by atoms with Gasteiger partial charge in [-0.3, -0.25) is 0 Å². The van der Waals surface area contributed by atoms with E-state index in [-0.39, 0.29) is 0 Å². The molecule has 2 aliphatic carbocycles. The van der Waals surface area contributed by atoms with Gasteiger partial charge >= 0.3 is 0 Å². The average molecular weight is 260 g/mol. The van der Waals surface area contributed by atoms with Crippen molar-refractivity contribution in [3.05, 3.63) is 17.6 Å². The lowest BCUT2D eigenvalue weighted by Gasteiger charge is -2.30. The highest BCUT2D eigenvalue weighted by atomic mass is 15.2. The van der Waals surface area contributed by atoms with Gasteiger partial charge in [0.15, 0.2) is 0 Å². The van der Waals surface area contributed by atoms with E-state index < -0.39 is 0 Å². The zero-order valence-corrected chi connectivity index (χ0v) is 11.8. The second kappa shape index (κ2) is 5.45. The van der Waals surface area contributed by atoms with Crippen LogP contribution in [0.25, 0.3) is 0 Å². The van der Waals surface area contributed by atoms with Gasteiger partial charge in [-0.2, -0.15) is 0 Å². The van der Waals surface area contributed by atoms with Crippen molar-refractivity contribution in [2.75, 3.05) is 18.5 Å². The van der Waals surface area contributed by atoms with Crippen molar-refractivity contribution < 1.29 is 0 Å². The quantitative estimate of drug-likeness (QED) is 0.840. The molecule has 0 aliphatic heterocycles. The van der Waals surface area contributed by atoms with Gasteiger partial charge in [-0.25, -0.2) is 9.97 Å². The monoisotopic (exact) mass is 260 g/mol. The second-order valence-electron chi connectivity index (χ2n) is 5.93. The maximum Gasteiger partial charge on any atom is 0.135 e. The highest BCUT2D eigenvalue weighted by molar-refractivity contribution is 5.49. The van der Waals surface area contributed by atoms with Crippen molar-refractivity contribution in [3.8, 4) is 0 Å². The molecule has 104 valence electrons. The Hall–Kier alpha value is -1.16. The summed E-state index contributed by atoms with van der Waals surface area (Å²) in [5, 5.41) is 0. The third-order valence-corrected chi connectivity index (χ3v) is 4.59. The van der Waals surface area contributed by atoms with E-state index >= 15 is 0 Å². The molecule has 4 heteroatoms. The summed E-state index contributed by atoms with van der Waals surface area (Å²) in [7, 11) is 2.16. The molecule has 1 atom stereocenters. The largest absolute Gasteiger partial charge is 0.355 e. The minimum Gasteiger partial charge on any atom is -0.355 e. The number of aryl methyl sites for hydroxylation is 1. The number of fused-ring (bicyclic) bond motifs is 1. The number of nitrogens with two attached hydrogens (primary N) is 1. The summed E-state index contributed by atoms with van der Waals surface area (Å²) in [4.78, 5) is 11.4. The number of likely N-dealkylation sites (N-methyl/N-ethyl adjacent to an activating group) is 1. The van der Waals surface area contributed by atoms with Crippen LogP contribution < -0.4 is 10.6 Å². The molecule has 4 nitrogen and oxygen atoms in total. The normalized spacial score (nSPS) is 20.5. The maximum atomic E-state index is 5.97. The van der Waals surface area contributed by atoms with Crippen molar-refractivity contribution in [2.24, 2.45) is 11.7 Å². The smallest absolute Gasteiger partial charge is 0.135 e. The number of nitrogens with zero attached hydrogens (tertiary/aromatic N) is 3.